The molecule has 1 N–H and O–H groups in total. The van der Waals surface area contributed by atoms with Gasteiger partial charge in [0.05, 0.1) is 23.6 Å². The van der Waals surface area contributed by atoms with E-state index in [0.717, 1.165) is 33.8 Å². The van der Waals surface area contributed by atoms with Crippen LogP contribution in [0.15, 0.2) is 45.8 Å². The van der Waals surface area contributed by atoms with E-state index < -0.39 is 0 Å². The fourth-order valence-corrected chi connectivity index (χ4v) is 5.60. The number of nitrogens with zero attached hydrogens (tertiary/aromatic N) is 3. The molecule has 3 heterocycles. The number of hydrogen-bond acceptors (Lipinski definition) is 6. The quantitative estimate of drug-likeness (QED) is 0.564. The minimum absolute atomic E-state index is 0.0553. The van der Waals surface area contributed by atoms with E-state index in [0.29, 0.717) is 17.5 Å². The van der Waals surface area contributed by atoms with Crippen LogP contribution in [0.4, 0.5) is 5.69 Å². The summed E-state index contributed by atoms with van der Waals surface area (Å²) in [5.41, 5.74) is 2.60. The average molecular weight is 453 g/mol. The van der Waals surface area contributed by atoms with Gasteiger partial charge in [-0.3, -0.25) is 9.79 Å². The van der Waals surface area contributed by atoms with Crippen molar-refractivity contribution in [2.75, 3.05) is 11.9 Å². The molecule has 0 saturated heterocycles. The van der Waals surface area contributed by atoms with Crippen LogP contribution in [-0.2, 0) is 4.79 Å². The van der Waals surface area contributed by atoms with Crippen molar-refractivity contribution >= 4 is 40.5 Å². The van der Waals surface area contributed by atoms with Crippen molar-refractivity contribution in [2.24, 2.45) is 10.1 Å². The lowest BCUT2D eigenvalue weighted by molar-refractivity contribution is -0.118. The number of rotatable bonds is 4. The molecule has 0 unspecified atom stereocenters. The molecular formula is C23H24N4O2S2. The van der Waals surface area contributed by atoms with Gasteiger partial charge < -0.3 is 10.1 Å². The lowest BCUT2D eigenvalue weighted by Crippen LogP contribution is -2.25. The van der Waals surface area contributed by atoms with Crippen molar-refractivity contribution in [1.82, 2.24) is 4.68 Å². The molecule has 0 radical (unpaired) electrons. The first-order valence-corrected chi connectivity index (χ1v) is 12.3. The molecule has 3 aromatic rings. The number of fused-ring (bicyclic) bond motifs is 1. The van der Waals surface area contributed by atoms with Gasteiger partial charge in [-0.25, -0.2) is 4.68 Å². The molecule has 1 aliphatic carbocycles. The van der Waals surface area contributed by atoms with Gasteiger partial charge in [-0.1, -0.05) is 19.3 Å². The second kappa shape index (κ2) is 8.80. The Morgan fingerprint density at radius 3 is 2.87 bits per heavy atom. The molecule has 1 aliphatic heterocycles. The van der Waals surface area contributed by atoms with Gasteiger partial charge >= 0.3 is 0 Å². The van der Waals surface area contributed by atoms with Gasteiger partial charge in [-0.2, -0.15) is 5.10 Å². The molecule has 0 spiro atoms. The molecule has 2 aromatic heterocycles. The normalized spacial score (nSPS) is 17.6. The zero-order valence-corrected chi connectivity index (χ0v) is 19.0. The van der Waals surface area contributed by atoms with Gasteiger partial charge in [0.15, 0.2) is 6.61 Å². The highest BCUT2D eigenvalue weighted by Gasteiger charge is 2.18. The Hall–Kier alpha value is -2.71. The predicted molar refractivity (Wildman–Crippen MR) is 126 cm³/mol. The van der Waals surface area contributed by atoms with Crippen molar-refractivity contribution in [3.8, 4) is 17.0 Å². The molecule has 0 atom stereocenters. The lowest BCUT2D eigenvalue weighted by atomic mass is 9.96. The SMILES string of the molecule is Cc1ccc(C=Nn2c(-c3ccc4c(c3)NC(=O)CO4)csc2=NC2CCCCC2)s1. The van der Waals surface area contributed by atoms with Gasteiger partial charge in [0.1, 0.15) is 5.75 Å². The third-order valence-electron chi connectivity index (χ3n) is 5.52. The highest BCUT2D eigenvalue weighted by Crippen LogP contribution is 2.33. The number of ether oxygens (including phenoxy) is 1. The smallest absolute Gasteiger partial charge is 0.262 e. The molecule has 1 saturated carbocycles. The Bertz CT molecular complexity index is 1200. The molecule has 2 aliphatic rings. The van der Waals surface area contributed by atoms with Crippen LogP contribution in [0.1, 0.15) is 41.9 Å². The fourth-order valence-electron chi connectivity index (χ4n) is 3.94. The van der Waals surface area contributed by atoms with Gasteiger partial charge in [-0.15, -0.1) is 22.7 Å². The Balaban J connectivity index is 1.56. The maximum Gasteiger partial charge on any atom is 0.262 e. The number of thiophene rings is 1. The summed E-state index contributed by atoms with van der Waals surface area (Å²) >= 11 is 3.33. The minimum Gasteiger partial charge on any atom is -0.482 e. The van der Waals surface area contributed by atoms with Crippen LogP contribution in [0.3, 0.4) is 0 Å². The largest absolute Gasteiger partial charge is 0.482 e. The average Bonchev–Trinajstić information content (AvgIpc) is 3.38. The number of thiazole rings is 1. The van der Waals surface area contributed by atoms with Gasteiger partial charge in [0, 0.05) is 20.7 Å². The van der Waals surface area contributed by atoms with Gasteiger partial charge in [-0.05, 0) is 50.1 Å². The van der Waals surface area contributed by atoms with E-state index in [-0.39, 0.29) is 12.5 Å². The van der Waals surface area contributed by atoms with Crippen molar-refractivity contribution < 1.29 is 9.53 Å². The maximum absolute atomic E-state index is 11.8. The van der Waals surface area contributed by atoms with Crippen molar-refractivity contribution in [3.63, 3.8) is 0 Å². The lowest BCUT2D eigenvalue weighted by Gasteiger charge is -2.18. The highest BCUT2D eigenvalue weighted by atomic mass is 32.1. The van der Waals surface area contributed by atoms with E-state index >= 15 is 0 Å². The van der Waals surface area contributed by atoms with E-state index in [1.807, 2.05) is 29.1 Å². The van der Waals surface area contributed by atoms with Crippen LogP contribution in [0, 0.1) is 6.92 Å². The summed E-state index contributed by atoms with van der Waals surface area (Å²) in [4.78, 5) is 20.1. The number of aromatic nitrogens is 1. The number of carbonyl (C=O) groups is 1. The predicted octanol–water partition coefficient (Wildman–Crippen LogP) is 5.03. The summed E-state index contributed by atoms with van der Waals surface area (Å²) < 4.78 is 7.44. The van der Waals surface area contributed by atoms with E-state index in [1.54, 1.807) is 22.7 Å². The molecule has 1 amide bonds. The Morgan fingerprint density at radius 2 is 2.06 bits per heavy atom. The topological polar surface area (TPSA) is 68.0 Å². The van der Waals surface area contributed by atoms with E-state index in [1.165, 1.54) is 24.1 Å². The second-order valence-corrected chi connectivity index (χ2v) is 10.0. The highest BCUT2D eigenvalue weighted by molar-refractivity contribution is 7.13. The zero-order valence-electron chi connectivity index (χ0n) is 17.3. The summed E-state index contributed by atoms with van der Waals surface area (Å²) in [5, 5.41) is 9.80. The summed E-state index contributed by atoms with van der Waals surface area (Å²) in [7, 11) is 0. The third-order valence-corrected chi connectivity index (χ3v) is 7.29. The first-order chi connectivity index (χ1) is 15.2. The molecule has 8 heteroatoms. The molecule has 1 aromatic carbocycles. The number of amides is 1. The van der Waals surface area contributed by atoms with Crippen LogP contribution in [0.2, 0.25) is 0 Å². The minimum atomic E-state index is -0.137. The van der Waals surface area contributed by atoms with Crippen LogP contribution in [0.25, 0.3) is 11.3 Å². The molecule has 6 nitrogen and oxygen atoms in total. The number of aryl methyl sites for hydroxylation is 1. The van der Waals surface area contributed by atoms with Gasteiger partial charge in [0.25, 0.3) is 5.91 Å². The number of benzene rings is 1. The number of hydrogen-bond donors (Lipinski definition) is 1. The number of anilines is 1. The van der Waals surface area contributed by atoms with Crippen LogP contribution >= 0.6 is 22.7 Å². The Labute approximate surface area is 188 Å². The van der Waals surface area contributed by atoms with E-state index in [2.05, 4.69) is 29.8 Å². The molecule has 31 heavy (non-hydrogen) atoms. The van der Waals surface area contributed by atoms with E-state index in [4.69, 9.17) is 14.8 Å². The summed E-state index contributed by atoms with van der Waals surface area (Å²) in [6, 6.07) is 10.4. The first kappa shape index (κ1) is 20.2. The molecular weight excluding hydrogens is 428 g/mol. The van der Waals surface area contributed by atoms with Crippen LogP contribution < -0.4 is 14.9 Å². The first-order valence-electron chi connectivity index (χ1n) is 10.6. The monoisotopic (exact) mass is 452 g/mol. The second-order valence-electron chi connectivity index (χ2n) is 7.88. The van der Waals surface area contributed by atoms with E-state index in [9.17, 15) is 4.79 Å². The standard InChI is InChI=1S/C23H24N4O2S2/c1-15-7-9-18(31-15)12-24-27-20(14-30-23(27)25-17-5-3-2-4-6-17)16-8-10-21-19(11-16)26-22(28)13-29-21/h7-12,14,17H,2-6,13H2,1H3,(H,26,28). The number of carbonyl (C=O) groups excluding carboxylic acids is 1. The van der Waals surface area contributed by atoms with Crippen molar-refractivity contribution in [2.45, 2.75) is 45.1 Å². The van der Waals surface area contributed by atoms with Crippen LogP contribution in [-0.4, -0.2) is 29.4 Å². The molecule has 5 rings (SSSR count). The van der Waals surface area contributed by atoms with Crippen molar-refractivity contribution in [3.05, 3.63) is 50.3 Å². The molecule has 0 bridgehead atoms. The van der Waals surface area contributed by atoms with Gasteiger partial charge in [0.2, 0.25) is 4.80 Å². The Kier molecular flexibility index (Phi) is 5.74. The molecule has 160 valence electrons. The maximum atomic E-state index is 11.8. The number of nitrogens with one attached hydrogen (secondary N) is 1. The summed E-state index contributed by atoms with van der Waals surface area (Å²) in [6.45, 7) is 2.15. The zero-order chi connectivity index (χ0) is 21.2. The third kappa shape index (κ3) is 4.50. The molecule has 1 fully saturated rings. The summed E-state index contributed by atoms with van der Waals surface area (Å²) in [5.74, 6) is 0.553. The van der Waals surface area contributed by atoms with Crippen LogP contribution in [0.5, 0.6) is 5.75 Å². The fraction of sp³-hybridized carbons (Fsp3) is 0.348. The summed E-state index contributed by atoms with van der Waals surface area (Å²) in [6.07, 6.45) is 7.98. The Morgan fingerprint density at radius 1 is 1.19 bits per heavy atom. The van der Waals surface area contributed by atoms with Crippen molar-refractivity contribution in [1.29, 1.82) is 0 Å².